The Morgan fingerprint density at radius 2 is 1.40 bits per heavy atom. The maximum Gasteiger partial charge on any atom is 0.145 e. The van der Waals surface area contributed by atoms with Gasteiger partial charge in [-0.1, -0.05) is 115 Å². The molecular formula is C46H40N4. The fourth-order valence-electron chi connectivity index (χ4n) is 8.94. The topological polar surface area (TPSA) is 35.1 Å². The van der Waals surface area contributed by atoms with Gasteiger partial charge < -0.3 is 0 Å². The lowest BCUT2D eigenvalue weighted by molar-refractivity contribution is 0.288. The molecule has 9 aromatic rings. The highest BCUT2D eigenvalue weighted by Crippen LogP contribution is 2.51. The van der Waals surface area contributed by atoms with E-state index in [2.05, 4.69) is 167 Å². The first-order valence-electron chi connectivity index (χ1n) is 17.8. The van der Waals surface area contributed by atoms with E-state index < -0.39 is 0 Å². The van der Waals surface area contributed by atoms with E-state index in [1.54, 1.807) is 0 Å². The molecule has 0 atom stereocenters. The van der Waals surface area contributed by atoms with Gasteiger partial charge in [-0.3, -0.25) is 8.97 Å². The lowest BCUT2D eigenvalue weighted by atomic mass is 9.61. The van der Waals surface area contributed by atoms with Gasteiger partial charge >= 0.3 is 0 Å². The number of benzene rings is 5. The second-order valence-corrected chi connectivity index (χ2v) is 16.4. The quantitative estimate of drug-likeness (QED) is 0.138. The van der Waals surface area contributed by atoms with E-state index in [1.165, 1.54) is 76.7 Å². The number of pyridine rings is 2. The van der Waals surface area contributed by atoms with Crippen LogP contribution in [0.25, 0.3) is 76.8 Å². The minimum atomic E-state index is -0.0842. The Kier molecular flexibility index (Phi) is 5.65. The van der Waals surface area contributed by atoms with Gasteiger partial charge in [0.25, 0.3) is 0 Å². The van der Waals surface area contributed by atoms with E-state index in [4.69, 9.17) is 9.97 Å². The van der Waals surface area contributed by atoms with Crippen LogP contribution in [0.4, 0.5) is 0 Å². The summed E-state index contributed by atoms with van der Waals surface area (Å²) in [6.45, 7) is 16.3. The molecule has 0 spiro atoms. The van der Waals surface area contributed by atoms with Crippen LogP contribution in [0.1, 0.15) is 65.3 Å². The van der Waals surface area contributed by atoms with Crippen LogP contribution in [-0.4, -0.2) is 18.9 Å². The number of aromatic nitrogens is 4. The van der Waals surface area contributed by atoms with Gasteiger partial charge in [0.05, 0.1) is 11.0 Å². The Morgan fingerprint density at radius 1 is 0.620 bits per heavy atom. The molecule has 0 saturated carbocycles. The van der Waals surface area contributed by atoms with Crippen molar-refractivity contribution in [3.8, 4) is 16.8 Å². The van der Waals surface area contributed by atoms with Crippen molar-refractivity contribution >= 4 is 60.0 Å². The predicted molar refractivity (Wildman–Crippen MR) is 210 cm³/mol. The Bertz CT molecular complexity index is 2910. The summed E-state index contributed by atoms with van der Waals surface area (Å²) in [5.41, 5.74) is 11.8. The number of fused-ring (bicyclic) bond motifs is 7. The van der Waals surface area contributed by atoms with Crippen LogP contribution in [0, 0.1) is 0 Å². The molecule has 0 bridgehead atoms. The van der Waals surface area contributed by atoms with Gasteiger partial charge in [-0.15, -0.1) is 0 Å². The molecule has 0 radical (unpaired) electrons. The standard InChI is InChI=1S/C46H40N4/c1-44(2,3)36-21-22-47-43-40(36)32-16-8-9-20-38(32)49(43)29-15-10-13-27(23-29)30-17-11-14-28-24-34-31-18-12-19-37-41(31)50-39(46(6,7)45(37,4)5)26-48-42(50)35(34)25-33(28)30/h8-26H,1-7H3. The Morgan fingerprint density at radius 3 is 2.24 bits per heavy atom. The molecule has 1 aliphatic heterocycles. The van der Waals surface area contributed by atoms with Crippen LogP contribution in [0.5, 0.6) is 0 Å². The third-order valence-electron chi connectivity index (χ3n) is 12.2. The lowest BCUT2D eigenvalue weighted by Crippen LogP contribution is -2.44. The van der Waals surface area contributed by atoms with Crippen molar-refractivity contribution in [3.63, 3.8) is 0 Å². The summed E-state index contributed by atoms with van der Waals surface area (Å²) in [6.07, 6.45) is 4.09. The number of nitrogens with zero attached hydrogens (tertiary/aromatic N) is 4. The molecule has 0 N–H and O–H groups in total. The average Bonchev–Trinajstić information content (AvgIpc) is 3.71. The van der Waals surface area contributed by atoms with Gasteiger partial charge in [-0.2, -0.15) is 0 Å². The molecule has 4 heteroatoms. The number of hydrogen-bond donors (Lipinski definition) is 0. The molecule has 50 heavy (non-hydrogen) atoms. The normalized spacial score (nSPS) is 15.4. The minimum absolute atomic E-state index is 0.0117. The van der Waals surface area contributed by atoms with E-state index in [1.807, 2.05) is 6.20 Å². The van der Waals surface area contributed by atoms with Crippen LogP contribution >= 0.6 is 0 Å². The molecular weight excluding hydrogens is 609 g/mol. The Balaban J connectivity index is 1.24. The van der Waals surface area contributed by atoms with Crippen molar-refractivity contribution in [1.82, 2.24) is 18.9 Å². The molecule has 0 unspecified atom stereocenters. The molecule has 5 aromatic carbocycles. The summed E-state index contributed by atoms with van der Waals surface area (Å²) in [5, 5.41) is 8.66. The number of para-hydroxylation sites is 2. The summed E-state index contributed by atoms with van der Waals surface area (Å²) in [5.74, 6) is 0. The SMILES string of the molecule is CC(C)(C)c1ccnc2c1c1ccccc1n2-c1cccc(-c2cccc3cc4c(cc23)c2ncc3n2c2c(cccc42)C(C)(C)C3(C)C)c1. The van der Waals surface area contributed by atoms with Gasteiger partial charge in [0, 0.05) is 56.1 Å². The van der Waals surface area contributed by atoms with Crippen molar-refractivity contribution in [2.75, 3.05) is 0 Å². The van der Waals surface area contributed by atoms with E-state index in [0.29, 0.717) is 0 Å². The second kappa shape index (κ2) is 9.60. The first kappa shape index (κ1) is 29.4. The fourth-order valence-corrected chi connectivity index (χ4v) is 8.94. The summed E-state index contributed by atoms with van der Waals surface area (Å²) < 4.78 is 4.79. The van der Waals surface area contributed by atoms with Crippen molar-refractivity contribution in [3.05, 3.63) is 132 Å². The van der Waals surface area contributed by atoms with E-state index >= 15 is 0 Å². The highest BCUT2D eigenvalue weighted by molar-refractivity contribution is 6.18. The summed E-state index contributed by atoms with van der Waals surface area (Å²) in [4.78, 5) is 10.1. The zero-order valence-corrected chi connectivity index (χ0v) is 29.8. The summed E-state index contributed by atoms with van der Waals surface area (Å²) in [7, 11) is 0. The molecule has 0 fully saturated rings. The first-order chi connectivity index (χ1) is 24.0. The predicted octanol–water partition coefficient (Wildman–Crippen LogP) is 11.8. The Labute approximate surface area is 292 Å². The third-order valence-corrected chi connectivity index (χ3v) is 12.2. The van der Waals surface area contributed by atoms with Crippen LogP contribution in [-0.2, 0) is 16.2 Å². The van der Waals surface area contributed by atoms with E-state index in [0.717, 1.165) is 17.0 Å². The average molecular weight is 649 g/mol. The van der Waals surface area contributed by atoms with Crippen molar-refractivity contribution < 1.29 is 0 Å². The smallest absolute Gasteiger partial charge is 0.145 e. The molecule has 5 heterocycles. The van der Waals surface area contributed by atoms with E-state index in [9.17, 15) is 0 Å². The van der Waals surface area contributed by atoms with E-state index in [-0.39, 0.29) is 16.2 Å². The lowest BCUT2D eigenvalue weighted by Gasteiger charge is -2.45. The van der Waals surface area contributed by atoms with Crippen LogP contribution in [0.2, 0.25) is 0 Å². The summed E-state index contributed by atoms with van der Waals surface area (Å²) >= 11 is 0. The molecule has 0 amide bonds. The van der Waals surface area contributed by atoms with Crippen molar-refractivity contribution in [2.24, 2.45) is 0 Å². The number of rotatable bonds is 2. The summed E-state index contributed by atoms with van der Waals surface area (Å²) in [6, 6.07) is 38.2. The molecule has 4 nitrogen and oxygen atoms in total. The van der Waals surface area contributed by atoms with Gasteiger partial charge in [0.15, 0.2) is 0 Å². The van der Waals surface area contributed by atoms with Crippen LogP contribution in [0.15, 0.2) is 116 Å². The maximum atomic E-state index is 5.15. The van der Waals surface area contributed by atoms with Gasteiger partial charge in [-0.25, -0.2) is 9.97 Å². The number of imidazole rings is 1. The van der Waals surface area contributed by atoms with Crippen LogP contribution in [0.3, 0.4) is 0 Å². The highest BCUT2D eigenvalue weighted by Gasteiger charge is 2.46. The van der Waals surface area contributed by atoms with Crippen molar-refractivity contribution in [2.45, 2.75) is 64.7 Å². The molecule has 244 valence electrons. The van der Waals surface area contributed by atoms with Gasteiger partial charge in [-0.05, 0) is 80.2 Å². The molecule has 0 aliphatic carbocycles. The molecule has 10 rings (SSSR count). The van der Waals surface area contributed by atoms with Gasteiger partial charge in [0.1, 0.15) is 11.3 Å². The monoisotopic (exact) mass is 648 g/mol. The zero-order chi connectivity index (χ0) is 34.3. The number of hydrogen-bond acceptors (Lipinski definition) is 2. The fraction of sp³-hybridized carbons (Fsp3) is 0.217. The molecule has 0 saturated heterocycles. The second-order valence-electron chi connectivity index (χ2n) is 16.4. The third kappa shape index (κ3) is 3.66. The maximum absolute atomic E-state index is 5.15. The Hall–Kier alpha value is -5.48. The van der Waals surface area contributed by atoms with Crippen molar-refractivity contribution in [1.29, 1.82) is 0 Å². The largest absolute Gasteiger partial charge is 0.295 e. The zero-order valence-electron chi connectivity index (χ0n) is 29.8. The molecule has 1 aliphatic rings. The van der Waals surface area contributed by atoms with Crippen LogP contribution < -0.4 is 0 Å². The first-order valence-corrected chi connectivity index (χ1v) is 17.8. The highest BCUT2D eigenvalue weighted by atomic mass is 15.1. The van der Waals surface area contributed by atoms with Gasteiger partial charge in [0.2, 0.25) is 0 Å². The molecule has 4 aromatic heterocycles. The minimum Gasteiger partial charge on any atom is -0.295 e.